The standard InChI is InChI=1S/C24H28ClFN4O2S/c25-16-4-2-15(3-5-16)17-6-11-30(13-18(17)26)22-27-19-12-24(9-10-24)33(32)20(19)21(28-22)29-23(14-31)7-1-8-23/h2-5,17-18,31H,1,6-14H2,(H,27,28,29). The van der Waals surface area contributed by atoms with Gasteiger partial charge in [-0.1, -0.05) is 23.7 Å². The van der Waals surface area contributed by atoms with Gasteiger partial charge in [0.1, 0.15) is 16.9 Å². The van der Waals surface area contributed by atoms with Gasteiger partial charge in [0.25, 0.3) is 0 Å². The molecule has 2 aromatic rings. The van der Waals surface area contributed by atoms with Crippen molar-refractivity contribution < 1.29 is 13.7 Å². The number of halogens is 2. The van der Waals surface area contributed by atoms with Gasteiger partial charge in [0, 0.05) is 23.9 Å². The molecular formula is C24H28ClFN4O2S. The number of fused-ring (bicyclic) bond motifs is 1. The molecule has 1 aromatic heterocycles. The molecule has 4 aliphatic rings. The van der Waals surface area contributed by atoms with Crippen LogP contribution in [0.4, 0.5) is 16.2 Å². The highest BCUT2D eigenvalue weighted by Crippen LogP contribution is 2.54. The Morgan fingerprint density at radius 2 is 1.97 bits per heavy atom. The Morgan fingerprint density at radius 1 is 1.21 bits per heavy atom. The van der Waals surface area contributed by atoms with Crippen LogP contribution in [0.1, 0.15) is 55.7 Å². The molecule has 3 heterocycles. The predicted molar refractivity (Wildman–Crippen MR) is 127 cm³/mol. The van der Waals surface area contributed by atoms with E-state index in [4.69, 9.17) is 21.6 Å². The van der Waals surface area contributed by atoms with Gasteiger partial charge < -0.3 is 15.3 Å². The van der Waals surface area contributed by atoms with E-state index < -0.39 is 22.5 Å². The van der Waals surface area contributed by atoms with Crippen LogP contribution in [0.2, 0.25) is 5.02 Å². The second-order valence-corrected chi connectivity index (χ2v) is 12.4. The Bertz CT molecular complexity index is 1100. The summed E-state index contributed by atoms with van der Waals surface area (Å²) in [4.78, 5) is 12.2. The van der Waals surface area contributed by atoms with Crippen LogP contribution in [0, 0.1) is 0 Å². The summed E-state index contributed by atoms with van der Waals surface area (Å²) in [6, 6.07) is 7.42. The van der Waals surface area contributed by atoms with Crippen molar-refractivity contribution in [2.24, 2.45) is 0 Å². The highest BCUT2D eigenvalue weighted by Gasteiger charge is 2.56. The van der Waals surface area contributed by atoms with E-state index in [-0.39, 0.29) is 23.8 Å². The smallest absolute Gasteiger partial charge is 0.227 e. The second-order valence-electron chi connectivity index (χ2n) is 10.1. The Labute approximate surface area is 200 Å². The summed E-state index contributed by atoms with van der Waals surface area (Å²) in [6.45, 7) is 0.869. The lowest BCUT2D eigenvalue weighted by molar-refractivity contribution is 0.143. The zero-order valence-corrected chi connectivity index (χ0v) is 20.0. The van der Waals surface area contributed by atoms with Crippen LogP contribution in [-0.2, 0) is 17.2 Å². The first-order valence-electron chi connectivity index (χ1n) is 11.8. The zero-order chi connectivity index (χ0) is 22.8. The van der Waals surface area contributed by atoms with E-state index in [1.165, 1.54) is 0 Å². The quantitative estimate of drug-likeness (QED) is 0.660. The lowest BCUT2D eigenvalue weighted by atomic mass is 9.77. The van der Waals surface area contributed by atoms with Crippen LogP contribution in [0.25, 0.3) is 0 Å². The lowest BCUT2D eigenvalue weighted by Gasteiger charge is -2.42. The van der Waals surface area contributed by atoms with E-state index in [9.17, 15) is 9.32 Å². The van der Waals surface area contributed by atoms with Gasteiger partial charge in [-0.3, -0.25) is 4.21 Å². The van der Waals surface area contributed by atoms with Crippen LogP contribution < -0.4 is 10.2 Å². The zero-order valence-electron chi connectivity index (χ0n) is 18.4. The van der Waals surface area contributed by atoms with Crippen LogP contribution in [0.15, 0.2) is 29.2 Å². The average Bonchev–Trinajstić information content (AvgIpc) is 3.51. The Hall–Kier alpha value is -1.77. The molecule has 1 saturated heterocycles. The van der Waals surface area contributed by atoms with E-state index in [2.05, 4.69) is 5.32 Å². The number of nitrogens with one attached hydrogen (secondary N) is 1. The van der Waals surface area contributed by atoms with Gasteiger partial charge in [0.05, 0.1) is 39.9 Å². The summed E-state index contributed by atoms with van der Waals surface area (Å²) in [6.07, 6.45) is 4.93. The summed E-state index contributed by atoms with van der Waals surface area (Å²) >= 11 is 6.00. The van der Waals surface area contributed by atoms with Crippen LogP contribution in [0.5, 0.6) is 0 Å². The third-order valence-electron chi connectivity index (χ3n) is 7.92. The fourth-order valence-electron chi connectivity index (χ4n) is 5.46. The van der Waals surface area contributed by atoms with Gasteiger partial charge in [0.15, 0.2) is 0 Å². The van der Waals surface area contributed by atoms with Crippen molar-refractivity contribution in [2.75, 3.05) is 29.9 Å². The minimum atomic E-state index is -1.15. The van der Waals surface area contributed by atoms with Crippen molar-refractivity contribution in [1.82, 2.24) is 9.97 Å². The monoisotopic (exact) mass is 490 g/mol. The van der Waals surface area contributed by atoms with Crippen LogP contribution in [0.3, 0.4) is 0 Å². The molecule has 2 aliphatic carbocycles. The van der Waals surface area contributed by atoms with E-state index in [0.717, 1.165) is 43.4 Å². The number of anilines is 2. The number of hydrogen-bond acceptors (Lipinski definition) is 6. The van der Waals surface area contributed by atoms with Crippen molar-refractivity contribution >= 4 is 34.2 Å². The van der Waals surface area contributed by atoms with Gasteiger partial charge in [0.2, 0.25) is 5.95 Å². The third kappa shape index (κ3) is 3.65. The Kier molecular flexibility index (Phi) is 5.20. The summed E-state index contributed by atoms with van der Waals surface area (Å²) in [5.41, 5.74) is 1.37. The molecule has 3 unspecified atom stereocenters. The minimum absolute atomic E-state index is 0.0118. The Morgan fingerprint density at radius 3 is 2.58 bits per heavy atom. The van der Waals surface area contributed by atoms with E-state index in [0.29, 0.717) is 41.1 Å². The molecule has 2 aliphatic heterocycles. The normalized spacial score (nSPS) is 28.9. The molecule has 0 bridgehead atoms. The van der Waals surface area contributed by atoms with Crippen molar-refractivity contribution in [3.63, 3.8) is 0 Å². The molecule has 1 spiro atoms. The number of aliphatic hydroxyl groups is 1. The summed E-state index contributed by atoms with van der Waals surface area (Å²) in [5, 5.41) is 14.1. The van der Waals surface area contributed by atoms with Crippen molar-refractivity contribution in [3.05, 3.63) is 40.5 Å². The highest BCUT2D eigenvalue weighted by molar-refractivity contribution is 7.87. The number of piperidine rings is 1. The van der Waals surface area contributed by atoms with Gasteiger partial charge in [-0.05, 0) is 56.2 Å². The maximum absolute atomic E-state index is 15.3. The molecule has 6 nitrogen and oxygen atoms in total. The third-order valence-corrected chi connectivity index (χ3v) is 10.3. The molecule has 3 atom stereocenters. The first-order valence-corrected chi connectivity index (χ1v) is 13.3. The van der Waals surface area contributed by atoms with Gasteiger partial charge >= 0.3 is 0 Å². The number of aliphatic hydroxyl groups excluding tert-OH is 1. The van der Waals surface area contributed by atoms with Crippen molar-refractivity contribution in [3.8, 4) is 0 Å². The SMILES string of the molecule is O=S1c2c(nc(N3CCC(c4ccc(Cl)cc4)C(F)C3)nc2NC2(CO)CCC2)CC12CC2. The van der Waals surface area contributed by atoms with Crippen molar-refractivity contribution in [2.45, 2.75) is 72.2 Å². The average molecular weight is 491 g/mol. The number of alkyl halides is 1. The van der Waals surface area contributed by atoms with Crippen molar-refractivity contribution in [1.29, 1.82) is 0 Å². The maximum Gasteiger partial charge on any atom is 0.227 e. The number of benzene rings is 1. The number of rotatable bonds is 5. The fraction of sp³-hybridized carbons (Fsp3) is 0.583. The number of hydrogen-bond donors (Lipinski definition) is 2. The molecule has 1 aromatic carbocycles. The summed E-state index contributed by atoms with van der Waals surface area (Å²) in [7, 11) is -1.15. The molecule has 3 fully saturated rings. The molecular weight excluding hydrogens is 463 g/mol. The van der Waals surface area contributed by atoms with Gasteiger partial charge in [-0.2, -0.15) is 4.98 Å². The van der Waals surface area contributed by atoms with E-state index in [1.807, 2.05) is 29.2 Å². The van der Waals surface area contributed by atoms with Crippen LogP contribution in [-0.4, -0.2) is 55.4 Å². The van der Waals surface area contributed by atoms with E-state index in [1.54, 1.807) is 0 Å². The summed E-state index contributed by atoms with van der Waals surface area (Å²) in [5.74, 6) is 0.886. The number of aromatic nitrogens is 2. The first-order chi connectivity index (χ1) is 15.9. The first kappa shape index (κ1) is 21.7. The Balaban J connectivity index is 1.29. The molecule has 0 amide bonds. The van der Waals surface area contributed by atoms with Gasteiger partial charge in [-0.15, -0.1) is 0 Å². The molecule has 6 rings (SSSR count). The van der Waals surface area contributed by atoms with E-state index >= 15 is 4.39 Å². The summed E-state index contributed by atoms with van der Waals surface area (Å²) < 4.78 is 28.4. The molecule has 176 valence electrons. The molecule has 2 N–H and O–H groups in total. The topological polar surface area (TPSA) is 78.4 Å². The highest BCUT2D eigenvalue weighted by atomic mass is 35.5. The molecule has 2 saturated carbocycles. The predicted octanol–water partition coefficient (Wildman–Crippen LogP) is 3.99. The molecule has 33 heavy (non-hydrogen) atoms. The van der Waals surface area contributed by atoms with Gasteiger partial charge in [-0.25, -0.2) is 9.37 Å². The maximum atomic E-state index is 15.3. The fourth-order valence-corrected chi connectivity index (χ4v) is 7.37. The van der Waals surface area contributed by atoms with Crippen LogP contribution >= 0.6 is 11.6 Å². The lowest BCUT2D eigenvalue weighted by Crippen LogP contribution is -2.49. The molecule has 9 heteroatoms. The molecule has 0 radical (unpaired) electrons. The number of nitrogens with zero attached hydrogens (tertiary/aromatic N) is 3. The largest absolute Gasteiger partial charge is 0.394 e. The minimum Gasteiger partial charge on any atom is -0.394 e. The second kappa shape index (κ2) is 7.89.